The van der Waals surface area contributed by atoms with Crippen molar-refractivity contribution >= 4 is 26.7 Å². The standard InChI is InChI=1S/C11H9BrO/c12-7-10-9-4-2-1-3-8(9)5-6-11(10)13/h1-6,13H,7H2. The molecule has 2 aromatic carbocycles. The average molecular weight is 237 g/mol. The van der Waals surface area contributed by atoms with Crippen molar-refractivity contribution < 1.29 is 5.11 Å². The van der Waals surface area contributed by atoms with Crippen molar-refractivity contribution in [2.24, 2.45) is 0 Å². The third kappa shape index (κ3) is 1.42. The Bertz CT molecular complexity index is 437. The third-order valence-electron chi connectivity index (χ3n) is 2.15. The molecule has 0 aliphatic rings. The lowest BCUT2D eigenvalue weighted by Gasteiger charge is -2.05. The van der Waals surface area contributed by atoms with Gasteiger partial charge in [-0.3, -0.25) is 0 Å². The highest BCUT2D eigenvalue weighted by Gasteiger charge is 2.03. The van der Waals surface area contributed by atoms with E-state index in [4.69, 9.17) is 0 Å². The van der Waals surface area contributed by atoms with Gasteiger partial charge < -0.3 is 5.11 Å². The quantitative estimate of drug-likeness (QED) is 0.753. The van der Waals surface area contributed by atoms with Crippen molar-refractivity contribution in [3.05, 3.63) is 42.0 Å². The molecule has 2 heteroatoms. The molecule has 0 aliphatic carbocycles. The number of aromatic hydroxyl groups is 1. The monoisotopic (exact) mass is 236 g/mol. The smallest absolute Gasteiger partial charge is 0.120 e. The first-order valence-electron chi connectivity index (χ1n) is 4.08. The number of benzene rings is 2. The Morgan fingerprint density at radius 3 is 2.62 bits per heavy atom. The molecule has 0 saturated carbocycles. The maximum Gasteiger partial charge on any atom is 0.120 e. The fraction of sp³-hybridized carbons (Fsp3) is 0.0909. The van der Waals surface area contributed by atoms with Gasteiger partial charge in [0.25, 0.3) is 0 Å². The first-order chi connectivity index (χ1) is 6.33. The highest BCUT2D eigenvalue weighted by molar-refractivity contribution is 9.08. The number of hydrogen-bond acceptors (Lipinski definition) is 1. The molecule has 0 aliphatic heterocycles. The molecule has 2 aromatic rings. The van der Waals surface area contributed by atoms with Gasteiger partial charge >= 0.3 is 0 Å². The summed E-state index contributed by atoms with van der Waals surface area (Å²) in [5, 5.41) is 12.5. The number of hydrogen-bond donors (Lipinski definition) is 1. The van der Waals surface area contributed by atoms with Crippen LogP contribution in [0, 0.1) is 0 Å². The van der Waals surface area contributed by atoms with E-state index in [1.807, 2.05) is 30.3 Å². The lowest BCUT2D eigenvalue weighted by atomic mass is 10.1. The number of fused-ring (bicyclic) bond motifs is 1. The fourth-order valence-electron chi connectivity index (χ4n) is 1.46. The van der Waals surface area contributed by atoms with Crippen LogP contribution in [0.4, 0.5) is 0 Å². The van der Waals surface area contributed by atoms with E-state index >= 15 is 0 Å². The van der Waals surface area contributed by atoms with Gasteiger partial charge in [0.05, 0.1) is 0 Å². The van der Waals surface area contributed by atoms with Gasteiger partial charge in [-0.05, 0) is 16.8 Å². The minimum atomic E-state index is 0.357. The largest absolute Gasteiger partial charge is 0.508 e. The summed E-state index contributed by atoms with van der Waals surface area (Å²) in [6.45, 7) is 0. The first-order valence-corrected chi connectivity index (χ1v) is 5.20. The lowest BCUT2D eigenvalue weighted by Crippen LogP contribution is -1.82. The summed E-state index contributed by atoms with van der Waals surface area (Å²) in [7, 11) is 0. The van der Waals surface area contributed by atoms with Crippen LogP contribution < -0.4 is 0 Å². The Labute approximate surface area is 85.1 Å². The molecule has 0 unspecified atom stereocenters. The van der Waals surface area contributed by atoms with Crippen LogP contribution in [0.1, 0.15) is 5.56 Å². The van der Waals surface area contributed by atoms with Gasteiger partial charge in [0.2, 0.25) is 0 Å². The summed E-state index contributed by atoms with van der Waals surface area (Å²) < 4.78 is 0. The predicted molar refractivity (Wildman–Crippen MR) is 58.2 cm³/mol. The Balaban J connectivity index is 2.84. The van der Waals surface area contributed by atoms with Crippen LogP contribution in [-0.4, -0.2) is 5.11 Å². The van der Waals surface area contributed by atoms with Crippen molar-refractivity contribution in [2.75, 3.05) is 0 Å². The van der Waals surface area contributed by atoms with Crippen molar-refractivity contribution in [3.8, 4) is 5.75 Å². The average Bonchev–Trinajstić information content (AvgIpc) is 2.18. The van der Waals surface area contributed by atoms with Gasteiger partial charge in [-0.25, -0.2) is 0 Å². The Morgan fingerprint density at radius 2 is 1.85 bits per heavy atom. The van der Waals surface area contributed by atoms with Crippen molar-refractivity contribution in [2.45, 2.75) is 5.33 Å². The second kappa shape index (κ2) is 3.38. The Kier molecular flexibility index (Phi) is 2.23. The summed E-state index contributed by atoms with van der Waals surface area (Å²) in [6.07, 6.45) is 0. The van der Waals surface area contributed by atoms with Crippen molar-refractivity contribution in [1.29, 1.82) is 0 Å². The predicted octanol–water partition coefficient (Wildman–Crippen LogP) is 3.44. The molecule has 0 fully saturated rings. The zero-order valence-corrected chi connectivity index (χ0v) is 8.58. The molecule has 0 spiro atoms. The molecule has 0 aromatic heterocycles. The molecular formula is C11H9BrO. The van der Waals surface area contributed by atoms with E-state index < -0.39 is 0 Å². The molecule has 0 saturated heterocycles. The molecule has 1 nitrogen and oxygen atoms in total. The summed E-state index contributed by atoms with van der Waals surface area (Å²) in [5.74, 6) is 0.357. The van der Waals surface area contributed by atoms with Crippen LogP contribution in [0.2, 0.25) is 0 Å². The van der Waals surface area contributed by atoms with E-state index in [0.717, 1.165) is 16.3 Å². The summed E-state index contributed by atoms with van der Waals surface area (Å²) >= 11 is 3.37. The van der Waals surface area contributed by atoms with Crippen LogP contribution in [0.15, 0.2) is 36.4 Å². The summed E-state index contributed by atoms with van der Waals surface area (Å²) in [6, 6.07) is 11.7. The van der Waals surface area contributed by atoms with E-state index in [1.165, 1.54) is 0 Å². The van der Waals surface area contributed by atoms with Crippen LogP contribution >= 0.6 is 15.9 Å². The Hall–Kier alpha value is -1.02. The second-order valence-electron chi connectivity index (χ2n) is 2.92. The molecule has 0 amide bonds. The second-order valence-corrected chi connectivity index (χ2v) is 3.48. The SMILES string of the molecule is Oc1ccc2ccccc2c1CBr. The Morgan fingerprint density at radius 1 is 1.08 bits per heavy atom. The summed E-state index contributed by atoms with van der Waals surface area (Å²) in [4.78, 5) is 0. The minimum absolute atomic E-state index is 0.357. The van der Waals surface area contributed by atoms with Crippen molar-refractivity contribution in [3.63, 3.8) is 0 Å². The fourth-order valence-corrected chi connectivity index (χ4v) is 2.05. The van der Waals surface area contributed by atoms with Gasteiger partial charge in [0, 0.05) is 10.9 Å². The molecule has 2 rings (SSSR count). The van der Waals surface area contributed by atoms with Gasteiger partial charge in [-0.1, -0.05) is 46.3 Å². The number of rotatable bonds is 1. The minimum Gasteiger partial charge on any atom is -0.508 e. The number of alkyl halides is 1. The molecular weight excluding hydrogens is 228 g/mol. The molecule has 66 valence electrons. The van der Waals surface area contributed by atoms with Crippen molar-refractivity contribution in [1.82, 2.24) is 0 Å². The van der Waals surface area contributed by atoms with Crippen LogP contribution in [0.5, 0.6) is 5.75 Å². The third-order valence-corrected chi connectivity index (χ3v) is 2.71. The zero-order chi connectivity index (χ0) is 9.26. The number of halogens is 1. The van der Waals surface area contributed by atoms with Gasteiger partial charge in [0.15, 0.2) is 0 Å². The molecule has 0 bridgehead atoms. The van der Waals surface area contributed by atoms with Crippen LogP contribution in [0.3, 0.4) is 0 Å². The topological polar surface area (TPSA) is 20.2 Å². The van der Waals surface area contributed by atoms with E-state index in [9.17, 15) is 5.11 Å². The highest BCUT2D eigenvalue weighted by Crippen LogP contribution is 2.28. The first kappa shape index (κ1) is 8.57. The van der Waals surface area contributed by atoms with E-state index in [-0.39, 0.29) is 0 Å². The highest BCUT2D eigenvalue weighted by atomic mass is 79.9. The summed E-state index contributed by atoms with van der Waals surface area (Å²) in [5.41, 5.74) is 0.957. The van der Waals surface area contributed by atoms with Gasteiger partial charge in [-0.2, -0.15) is 0 Å². The molecule has 1 N–H and O–H groups in total. The van der Waals surface area contributed by atoms with Crippen LogP contribution in [-0.2, 0) is 5.33 Å². The van der Waals surface area contributed by atoms with Gasteiger partial charge in [-0.15, -0.1) is 0 Å². The number of phenolic OH excluding ortho intramolecular Hbond substituents is 1. The lowest BCUT2D eigenvalue weighted by molar-refractivity contribution is 0.472. The van der Waals surface area contributed by atoms with Gasteiger partial charge in [0.1, 0.15) is 5.75 Å². The molecule has 0 radical (unpaired) electrons. The number of phenols is 1. The maximum absolute atomic E-state index is 9.58. The molecule has 0 heterocycles. The van der Waals surface area contributed by atoms with E-state index in [0.29, 0.717) is 11.1 Å². The van der Waals surface area contributed by atoms with Crippen LogP contribution in [0.25, 0.3) is 10.8 Å². The normalized spacial score (nSPS) is 10.5. The molecule has 0 atom stereocenters. The maximum atomic E-state index is 9.58. The molecule has 13 heavy (non-hydrogen) atoms. The zero-order valence-electron chi connectivity index (χ0n) is 7.00. The van der Waals surface area contributed by atoms with E-state index in [2.05, 4.69) is 15.9 Å². The van der Waals surface area contributed by atoms with E-state index in [1.54, 1.807) is 6.07 Å².